The molecule has 1 amide bonds. The molecule has 2 aliphatic heterocycles. The third-order valence-corrected chi connectivity index (χ3v) is 5.35. The maximum atomic E-state index is 11.6. The van der Waals surface area contributed by atoms with E-state index in [0.29, 0.717) is 6.54 Å². The van der Waals surface area contributed by atoms with Crippen LogP contribution in [-0.2, 0) is 9.53 Å². The lowest BCUT2D eigenvalue weighted by Crippen LogP contribution is -2.53. The van der Waals surface area contributed by atoms with Gasteiger partial charge in [0, 0.05) is 52.7 Å². The summed E-state index contributed by atoms with van der Waals surface area (Å²) in [6, 6.07) is 4.17. The van der Waals surface area contributed by atoms with Crippen LogP contribution in [0.25, 0.3) is 0 Å². The van der Waals surface area contributed by atoms with Crippen LogP contribution in [0.2, 0.25) is 0 Å². The van der Waals surface area contributed by atoms with E-state index in [4.69, 9.17) is 14.1 Å². The van der Waals surface area contributed by atoms with Crippen LogP contribution in [0.5, 0.6) is 0 Å². The number of nitrogens with zero attached hydrogens (tertiary/aromatic N) is 4. The van der Waals surface area contributed by atoms with E-state index in [-0.39, 0.29) is 11.9 Å². The number of aryl methyl sites for hydroxylation is 1. The highest BCUT2D eigenvalue weighted by Gasteiger charge is 2.26. The number of rotatable bonds is 5. The lowest BCUT2D eigenvalue weighted by atomic mass is 10.1. The Balaban J connectivity index is 1.71. The van der Waals surface area contributed by atoms with E-state index in [0.717, 1.165) is 76.5 Å². The lowest BCUT2D eigenvalue weighted by Gasteiger charge is -2.37. The fourth-order valence-corrected chi connectivity index (χ4v) is 3.74. The second kappa shape index (κ2) is 9.93. The molecule has 28 heavy (non-hydrogen) atoms. The highest BCUT2D eigenvalue weighted by molar-refractivity contribution is 5.80. The lowest BCUT2D eigenvalue weighted by molar-refractivity contribution is -0.130. The number of amides is 1. The van der Waals surface area contributed by atoms with Crippen LogP contribution < -0.4 is 5.32 Å². The predicted octanol–water partition coefficient (Wildman–Crippen LogP) is 1.09. The molecule has 0 aliphatic carbocycles. The van der Waals surface area contributed by atoms with Gasteiger partial charge in [-0.1, -0.05) is 0 Å². The summed E-state index contributed by atoms with van der Waals surface area (Å²) in [4.78, 5) is 23.1. The van der Waals surface area contributed by atoms with Crippen LogP contribution in [0.15, 0.2) is 21.5 Å². The number of ether oxygens (including phenoxy) is 1. The van der Waals surface area contributed by atoms with Crippen molar-refractivity contribution in [1.29, 1.82) is 0 Å². The van der Waals surface area contributed by atoms with E-state index in [2.05, 4.69) is 28.1 Å². The zero-order valence-corrected chi connectivity index (χ0v) is 17.3. The van der Waals surface area contributed by atoms with Crippen molar-refractivity contribution in [3.8, 4) is 0 Å². The standard InChI is InChI=1S/C20H33N5O3/c1-4-21-20(25-9-7-23(8-10-25)17(3)26)22-15-18(19-6-5-16(2)28-19)24-11-13-27-14-12-24/h5-6,18H,4,7-15H2,1-3H3,(H,21,22). The maximum absolute atomic E-state index is 11.6. The molecule has 8 nitrogen and oxygen atoms in total. The first kappa shape index (κ1) is 20.7. The van der Waals surface area contributed by atoms with E-state index >= 15 is 0 Å². The molecule has 156 valence electrons. The molecule has 0 aromatic carbocycles. The highest BCUT2D eigenvalue weighted by atomic mass is 16.5. The molecule has 0 radical (unpaired) electrons. The average Bonchev–Trinajstić information content (AvgIpc) is 3.14. The van der Waals surface area contributed by atoms with E-state index in [1.54, 1.807) is 6.92 Å². The average molecular weight is 392 g/mol. The number of aliphatic imine (C=N–C) groups is 1. The van der Waals surface area contributed by atoms with Crippen LogP contribution in [0.4, 0.5) is 0 Å². The van der Waals surface area contributed by atoms with Crippen LogP contribution in [0.3, 0.4) is 0 Å². The molecule has 8 heteroatoms. The molecular formula is C20H33N5O3. The molecule has 1 unspecified atom stereocenters. The molecule has 3 rings (SSSR count). The van der Waals surface area contributed by atoms with Gasteiger partial charge in [-0.2, -0.15) is 0 Å². The van der Waals surface area contributed by atoms with E-state index in [1.807, 2.05) is 17.9 Å². The minimum atomic E-state index is 0.102. The number of hydrogen-bond donors (Lipinski definition) is 1. The quantitative estimate of drug-likeness (QED) is 0.598. The van der Waals surface area contributed by atoms with Crippen LogP contribution in [0.1, 0.15) is 31.4 Å². The summed E-state index contributed by atoms with van der Waals surface area (Å²) in [5.74, 6) is 2.93. The van der Waals surface area contributed by atoms with Gasteiger partial charge < -0.3 is 24.3 Å². The first-order valence-electron chi connectivity index (χ1n) is 10.3. The van der Waals surface area contributed by atoms with Gasteiger partial charge in [-0.3, -0.25) is 14.7 Å². The Hall–Kier alpha value is -2.06. The Bertz CT molecular complexity index is 661. The monoisotopic (exact) mass is 391 g/mol. The van der Waals surface area contributed by atoms with Crippen molar-refractivity contribution in [1.82, 2.24) is 20.0 Å². The van der Waals surface area contributed by atoms with Crippen molar-refractivity contribution >= 4 is 11.9 Å². The van der Waals surface area contributed by atoms with Gasteiger partial charge in [-0.05, 0) is 26.0 Å². The molecule has 1 aromatic heterocycles. The molecule has 2 saturated heterocycles. The molecule has 0 spiro atoms. The van der Waals surface area contributed by atoms with Crippen molar-refractivity contribution in [2.75, 3.05) is 65.6 Å². The second-order valence-electron chi connectivity index (χ2n) is 7.30. The molecule has 0 saturated carbocycles. The summed E-state index contributed by atoms with van der Waals surface area (Å²) >= 11 is 0. The molecule has 3 heterocycles. The molecule has 2 fully saturated rings. The molecular weight excluding hydrogens is 358 g/mol. The van der Waals surface area contributed by atoms with E-state index in [9.17, 15) is 4.79 Å². The van der Waals surface area contributed by atoms with Crippen LogP contribution in [0, 0.1) is 6.92 Å². The SMILES string of the molecule is CCNC(=NCC(c1ccc(C)o1)N1CCOCC1)N1CCN(C(C)=O)CC1. The summed E-state index contributed by atoms with van der Waals surface area (Å²) in [7, 11) is 0. The van der Waals surface area contributed by atoms with Crippen molar-refractivity contribution < 1.29 is 13.9 Å². The first-order chi connectivity index (χ1) is 13.6. The minimum Gasteiger partial charge on any atom is -0.465 e. The van der Waals surface area contributed by atoms with E-state index in [1.165, 1.54) is 0 Å². The van der Waals surface area contributed by atoms with Crippen LogP contribution >= 0.6 is 0 Å². The topological polar surface area (TPSA) is 73.6 Å². The zero-order valence-electron chi connectivity index (χ0n) is 17.3. The van der Waals surface area contributed by atoms with E-state index < -0.39 is 0 Å². The summed E-state index contributed by atoms with van der Waals surface area (Å²) in [6.45, 7) is 13.5. The number of piperazine rings is 1. The van der Waals surface area contributed by atoms with Crippen molar-refractivity contribution in [2.45, 2.75) is 26.8 Å². The number of nitrogens with one attached hydrogen (secondary N) is 1. The fourth-order valence-electron chi connectivity index (χ4n) is 3.74. The predicted molar refractivity (Wildman–Crippen MR) is 108 cm³/mol. The fraction of sp³-hybridized carbons (Fsp3) is 0.700. The van der Waals surface area contributed by atoms with Crippen molar-refractivity contribution in [3.63, 3.8) is 0 Å². The summed E-state index contributed by atoms with van der Waals surface area (Å²) in [6.07, 6.45) is 0. The largest absolute Gasteiger partial charge is 0.465 e. The highest BCUT2D eigenvalue weighted by Crippen LogP contribution is 2.24. The van der Waals surface area contributed by atoms with Crippen molar-refractivity contribution in [3.05, 3.63) is 23.7 Å². The van der Waals surface area contributed by atoms with Gasteiger partial charge in [-0.15, -0.1) is 0 Å². The minimum absolute atomic E-state index is 0.102. The van der Waals surface area contributed by atoms with Gasteiger partial charge in [0.15, 0.2) is 5.96 Å². The Labute approximate surface area is 167 Å². The van der Waals surface area contributed by atoms with Gasteiger partial charge in [0.25, 0.3) is 0 Å². The number of furan rings is 1. The molecule has 1 atom stereocenters. The van der Waals surface area contributed by atoms with Crippen molar-refractivity contribution in [2.24, 2.45) is 4.99 Å². The van der Waals surface area contributed by atoms with Gasteiger partial charge in [-0.25, -0.2) is 0 Å². The Morgan fingerprint density at radius 2 is 1.82 bits per heavy atom. The van der Waals surface area contributed by atoms with Crippen LogP contribution in [-0.4, -0.2) is 92.1 Å². The molecule has 1 aromatic rings. The molecule has 0 bridgehead atoms. The first-order valence-corrected chi connectivity index (χ1v) is 10.3. The summed E-state index contributed by atoms with van der Waals surface area (Å²) in [5.41, 5.74) is 0. The Morgan fingerprint density at radius 3 is 2.39 bits per heavy atom. The Morgan fingerprint density at radius 1 is 1.14 bits per heavy atom. The van der Waals surface area contributed by atoms with Gasteiger partial charge in [0.2, 0.25) is 5.91 Å². The number of carbonyl (C=O) groups excluding carboxylic acids is 1. The number of hydrogen-bond acceptors (Lipinski definition) is 5. The third kappa shape index (κ3) is 5.26. The van der Waals surface area contributed by atoms with Gasteiger partial charge in [0.1, 0.15) is 11.5 Å². The molecule has 1 N–H and O–H groups in total. The normalized spacial score (nSPS) is 20.3. The number of morpholine rings is 1. The van der Waals surface area contributed by atoms with Gasteiger partial charge in [0.05, 0.1) is 25.8 Å². The molecule has 2 aliphatic rings. The number of guanidine groups is 1. The smallest absolute Gasteiger partial charge is 0.219 e. The summed E-state index contributed by atoms with van der Waals surface area (Å²) in [5, 5.41) is 3.41. The maximum Gasteiger partial charge on any atom is 0.219 e. The summed E-state index contributed by atoms with van der Waals surface area (Å²) < 4.78 is 11.5. The number of carbonyl (C=O) groups is 1. The second-order valence-corrected chi connectivity index (χ2v) is 7.30. The Kier molecular flexibility index (Phi) is 7.33. The zero-order chi connectivity index (χ0) is 19.9. The third-order valence-electron chi connectivity index (χ3n) is 5.35. The van der Waals surface area contributed by atoms with Gasteiger partial charge >= 0.3 is 0 Å².